The van der Waals surface area contributed by atoms with Gasteiger partial charge in [-0.2, -0.15) is 0 Å². The molecule has 62 valence electrons. The van der Waals surface area contributed by atoms with Gasteiger partial charge in [0.25, 0.3) is 0 Å². The van der Waals surface area contributed by atoms with Crippen LogP contribution in [0.4, 0.5) is 0 Å². The summed E-state index contributed by atoms with van der Waals surface area (Å²) < 4.78 is 0. The van der Waals surface area contributed by atoms with Crippen LogP contribution < -0.4 is 0 Å². The van der Waals surface area contributed by atoms with Gasteiger partial charge in [0.1, 0.15) is 5.78 Å². The van der Waals surface area contributed by atoms with Gasteiger partial charge in [-0.05, 0) is 18.8 Å². The third kappa shape index (κ3) is 2.18. The maximum Gasteiger partial charge on any atom is 0.140 e. The fraction of sp³-hybridized carbons (Fsp3) is 0.700. The molecule has 1 fully saturated rings. The minimum absolute atomic E-state index is 0.373. The molecule has 11 heavy (non-hydrogen) atoms. The second-order valence-corrected chi connectivity index (χ2v) is 3.57. The summed E-state index contributed by atoms with van der Waals surface area (Å²) in [6.45, 7) is 8.01. The van der Waals surface area contributed by atoms with Crippen LogP contribution in [0.25, 0.3) is 0 Å². The number of rotatable bonds is 4. The van der Waals surface area contributed by atoms with Crippen LogP contribution in [0.5, 0.6) is 0 Å². The lowest BCUT2D eigenvalue weighted by atomic mass is 10.1. The molecule has 0 N–H and O–H groups in total. The number of allylic oxidation sites excluding steroid dienone is 1. The van der Waals surface area contributed by atoms with E-state index in [0.717, 1.165) is 18.4 Å². The Balaban J connectivity index is 2.27. The predicted octanol–water partition coefficient (Wildman–Crippen LogP) is 2.57. The van der Waals surface area contributed by atoms with E-state index in [4.69, 9.17) is 0 Å². The van der Waals surface area contributed by atoms with Crippen LogP contribution >= 0.6 is 0 Å². The van der Waals surface area contributed by atoms with Gasteiger partial charge in [-0.15, -0.1) is 0 Å². The zero-order valence-electron chi connectivity index (χ0n) is 7.39. The average Bonchev–Trinajstić information content (AvgIpc) is 2.66. The lowest BCUT2D eigenvalue weighted by molar-refractivity contribution is -0.119. The summed E-state index contributed by atoms with van der Waals surface area (Å²) >= 11 is 0. The molecular weight excluding hydrogens is 136 g/mol. The minimum Gasteiger partial charge on any atom is -0.299 e. The summed E-state index contributed by atoms with van der Waals surface area (Å²) in [5.41, 5.74) is 1.08. The number of carbonyl (C=O) groups is 1. The molecule has 0 radical (unpaired) electrons. The number of hydrogen-bond acceptors (Lipinski definition) is 1. The van der Waals surface area contributed by atoms with Gasteiger partial charge in [0.2, 0.25) is 0 Å². The summed E-state index contributed by atoms with van der Waals surface area (Å²) in [4.78, 5) is 11.3. The molecule has 1 rings (SSSR count). The normalized spacial score (nSPS) is 28.2. The summed E-state index contributed by atoms with van der Waals surface area (Å²) in [7, 11) is 0. The van der Waals surface area contributed by atoms with Crippen LogP contribution in [0.3, 0.4) is 0 Å². The molecule has 0 spiro atoms. The van der Waals surface area contributed by atoms with Crippen molar-refractivity contribution in [1.29, 1.82) is 0 Å². The molecule has 1 aliphatic rings. The van der Waals surface area contributed by atoms with Crippen molar-refractivity contribution in [2.24, 2.45) is 11.8 Å². The highest BCUT2D eigenvalue weighted by atomic mass is 16.1. The van der Waals surface area contributed by atoms with Gasteiger partial charge in [0.15, 0.2) is 0 Å². The van der Waals surface area contributed by atoms with Gasteiger partial charge in [-0.3, -0.25) is 4.79 Å². The zero-order valence-corrected chi connectivity index (χ0v) is 7.39. The molecule has 2 unspecified atom stereocenters. The molecule has 1 heteroatoms. The summed E-state index contributed by atoms with van der Waals surface area (Å²) in [5, 5.41) is 0. The van der Waals surface area contributed by atoms with Crippen molar-refractivity contribution in [1.82, 2.24) is 0 Å². The van der Waals surface area contributed by atoms with Crippen molar-refractivity contribution in [3.05, 3.63) is 12.2 Å². The molecule has 1 nitrogen and oxygen atoms in total. The molecule has 0 aromatic carbocycles. The van der Waals surface area contributed by atoms with Gasteiger partial charge >= 0.3 is 0 Å². The van der Waals surface area contributed by atoms with Gasteiger partial charge in [0.05, 0.1) is 0 Å². The highest BCUT2D eigenvalue weighted by Crippen LogP contribution is 2.39. The van der Waals surface area contributed by atoms with Gasteiger partial charge in [-0.1, -0.05) is 26.0 Å². The van der Waals surface area contributed by atoms with Gasteiger partial charge < -0.3 is 0 Å². The van der Waals surface area contributed by atoms with Crippen LogP contribution in [0.2, 0.25) is 0 Å². The van der Waals surface area contributed by atoms with Crippen molar-refractivity contribution in [2.45, 2.75) is 33.1 Å². The third-order valence-electron chi connectivity index (χ3n) is 2.45. The van der Waals surface area contributed by atoms with Crippen LogP contribution in [0, 0.1) is 11.8 Å². The Kier molecular flexibility index (Phi) is 2.48. The van der Waals surface area contributed by atoms with E-state index in [0.29, 0.717) is 24.0 Å². The molecule has 0 bridgehead atoms. The van der Waals surface area contributed by atoms with Crippen molar-refractivity contribution in [3.8, 4) is 0 Å². The van der Waals surface area contributed by atoms with Crippen LogP contribution in [0.1, 0.15) is 33.1 Å². The first-order valence-electron chi connectivity index (χ1n) is 4.34. The quantitative estimate of drug-likeness (QED) is 0.566. The molecule has 0 aliphatic heterocycles. The second kappa shape index (κ2) is 3.21. The van der Waals surface area contributed by atoms with Crippen molar-refractivity contribution in [2.75, 3.05) is 0 Å². The van der Waals surface area contributed by atoms with E-state index >= 15 is 0 Å². The van der Waals surface area contributed by atoms with Gasteiger partial charge in [0, 0.05) is 12.3 Å². The summed E-state index contributed by atoms with van der Waals surface area (Å²) in [5.74, 6) is 1.43. The SMILES string of the molecule is C=C(CC)CC(=O)C1CC1C. The summed E-state index contributed by atoms with van der Waals surface area (Å²) in [6, 6.07) is 0. The van der Waals surface area contributed by atoms with Crippen molar-refractivity contribution in [3.63, 3.8) is 0 Å². The Morgan fingerprint density at radius 1 is 1.64 bits per heavy atom. The standard InChI is InChI=1S/C10H16O/c1-4-7(2)5-10(11)9-6-8(9)3/h8-9H,2,4-6H2,1,3H3. The Hall–Kier alpha value is -0.590. The Morgan fingerprint density at radius 2 is 2.18 bits per heavy atom. The molecule has 0 saturated heterocycles. The number of ketones is 1. The lowest BCUT2D eigenvalue weighted by Crippen LogP contribution is -2.02. The highest BCUT2D eigenvalue weighted by Gasteiger charge is 2.38. The fourth-order valence-electron chi connectivity index (χ4n) is 1.27. The molecule has 0 amide bonds. The molecule has 2 atom stereocenters. The maximum atomic E-state index is 11.3. The van der Waals surface area contributed by atoms with E-state index in [2.05, 4.69) is 13.5 Å². The number of carbonyl (C=O) groups excluding carboxylic acids is 1. The number of Topliss-reactive ketones (excluding diaryl/α,β-unsaturated/α-hetero) is 1. The molecule has 0 heterocycles. The first kappa shape index (κ1) is 8.51. The van der Waals surface area contributed by atoms with Crippen molar-refractivity contribution < 1.29 is 4.79 Å². The van der Waals surface area contributed by atoms with Crippen LogP contribution in [-0.2, 0) is 4.79 Å². The van der Waals surface area contributed by atoms with E-state index in [-0.39, 0.29) is 0 Å². The fourth-order valence-corrected chi connectivity index (χ4v) is 1.27. The predicted molar refractivity (Wildman–Crippen MR) is 46.3 cm³/mol. The van der Waals surface area contributed by atoms with E-state index < -0.39 is 0 Å². The van der Waals surface area contributed by atoms with Crippen LogP contribution in [0.15, 0.2) is 12.2 Å². The van der Waals surface area contributed by atoms with E-state index in [1.54, 1.807) is 0 Å². The number of hydrogen-bond donors (Lipinski definition) is 0. The largest absolute Gasteiger partial charge is 0.299 e. The van der Waals surface area contributed by atoms with Gasteiger partial charge in [-0.25, -0.2) is 0 Å². The van der Waals surface area contributed by atoms with E-state index in [9.17, 15) is 4.79 Å². The summed E-state index contributed by atoms with van der Waals surface area (Å²) in [6.07, 6.45) is 2.66. The van der Waals surface area contributed by atoms with Crippen LogP contribution in [-0.4, -0.2) is 5.78 Å². The molecular formula is C10H16O. The first-order valence-corrected chi connectivity index (χ1v) is 4.34. The van der Waals surface area contributed by atoms with E-state index in [1.807, 2.05) is 6.92 Å². The molecule has 0 aromatic rings. The molecule has 1 aliphatic carbocycles. The lowest BCUT2D eigenvalue weighted by Gasteiger charge is -1.99. The highest BCUT2D eigenvalue weighted by molar-refractivity contribution is 5.85. The zero-order chi connectivity index (χ0) is 8.43. The topological polar surface area (TPSA) is 17.1 Å². The average molecular weight is 152 g/mol. The molecule has 0 aromatic heterocycles. The molecule has 1 saturated carbocycles. The monoisotopic (exact) mass is 152 g/mol. The third-order valence-corrected chi connectivity index (χ3v) is 2.45. The second-order valence-electron chi connectivity index (χ2n) is 3.57. The first-order chi connectivity index (χ1) is 5.15. The smallest absolute Gasteiger partial charge is 0.140 e. The van der Waals surface area contributed by atoms with Crippen molar-refractivity contribution >= 4 is 5.78 Å². The Labute approximate surface area is 68.5 Å². The Bertz CT molecular complexity index is 181. The minimum atomic E-state index is 0.373. The van der Waals surface area contributed by atoms with E-state index in [1.165, 1.54) is 0 Å². The maximum absolute atomic E-state index is 11.3. The Morgan fingerprint density at radius 3 is 2.55 bits per heavy atom.